The van der Waals surface area contributed by atoms with E-state index in [4.69, 9.17) is 0 Å². The Morgan fingerprint density at radius 1 is 1.18 bits per heavy atom. The third kappa shape index (κ3) is 1.09. The summed E-state index contributed by atoms with van der Waals surface area (Å²) in [5, 5.41) is 9.05. The predicted octanol–water partition coefficient (Wildman–Crippen LogP) is 2.15. The first-order chi connectivity index (χ1) is 5.47. The molecular formula is C8H6N3+. The Kier molecular flexibility index (Phi) is 1.36. The zero-order chi connectivity index (χ0) is 7.52. The van der Waals surface area contributed by atoms with E-state index in [9.17, 15) is 0 Å². The van der Waals surface area contributed by atoms with Crippen molar-refractivity contribution in [3.05, 3.63) is 42.7 Å². The van der Waals surface area contributed by atoms with Crippen LogP contribution in [0.4, 0.5) is 5.69 Å². The minimum absolute atomic E-state index is 0.977. The van der Waals surface area contributed by atoms with Crippen molar-refractivity contribution in [2.75, 3.05) is 5.01 Å². The molecule has 11 heavy (non-hydrogen) atoms. The van der Waals surface area contributed by atoms with Crippen LogP contribution >= 0.6 is 0 Å². The fraction of sp³-hybridized carbons (Fsp3) is 0. The maximum Gasteiger partial charge on any atom is 0.241 e. The number of para-hydroxylation sites is 1. The van der Waals surface area contributed by atoms with Crippen LogP contribution in [0.2, 0.25) is 0 Å². The Labute approximate surface area is 64.6 Å². The molecule has 2 rings (SSSR count). The average molecular weight is 144 g/mol. The summed E-state index contributed by atoms with van der Waals surface area (Å²) in [6.45, 7) is 0. The Morgan fingerprint density at radius 3 is 2.64 bits per heavy atom. The van der Waals surface area contributed by atoms with E-state index in [0.717, 1.165) is 5.69 Å². The van der Waals surface area contributed by atoms with Gasteiger partial charge >= 0.3 is 0 Å². The van der Waals surface area contributed by atoms with Gasteiger partial charge in [-0.15, -0.1) is 5.11 Å². The average Bonchev–Trinajstić information content (AvgIpc) is 2.58. The molecule has 0 fully saturated rings. The fourth-order valence-electron chi connectivity index (χ4n) is 0.879. The maximum atomic E-state index is 3.80. The number of hydrogen-bond acceptors (Lipinski definition) is 3. The van der Waals surface area contributed by atoms with Crippen LogP contribution in [0.3, 0.4) is 0 Å². The van der Waals surface area contributed by atoms with E-state index in [2.05, 4.69) is 16.5 Å². The lowest BCUT2D eigenvalue weighted by atomic mass is 10.3. The predicted molar refractivity (Wildman–Crippen MR) is 41.6 cm³/mol. The lowest BCUT2D eigenvalue weighted by Gasteiger charge is -1.93. The molecule has 0 atom stereocenters. The minimum Gasteiger partial charge on any atom is -0.102 e. The fourth-order valence-corrected chi connectivity index (χ4v) is 0.879. The van der Waals surface area contributed by atoms with Gasteiger partial charge in [0.1, 0.15) is 0 Å². The summed E-state index contributed by atoms with van der Waals surface area (Å²) in [6, 6.07) is 9.76. The maximum absolute atomic E-state index is 3.80. The third-order valence-corrected chi connectivity index (χ3v) is 1.38. The Hall–Kier alpha value is -1.73. The van der Waals surface area contributed by atoms with Gasteiger partial charge in [-0.2, -0.15) is 0 Å². The van der Waals surface area contributed by atoms with E-state index in [1.807, 2.05) is 30.3 Å². The Balaban J connectivity index is 2.30. The van der Waals surface area contributed by atoms with Crippen molar-refractivity contribution in [2.45, 2.75) is 0 Å². The van der Waals surface area contributed by atoms with Gasteiger partial charge in [-0.1, -0.05) is 6.07 Å². The van der Waals surface area contributed by atoms with E-state index in [0.29, 0.717) is 0 Å². The molecule has 0 radical (unpaired) electrons. The van der Waals surface area contributed by atoms with Crippen molar-refractivity contribution in [2.24, 2.45) is 10.3 Å². The molecule has 0 unspecified atom stereocenters. The second-order valence-corrected chi connectivity index (χ2v) is 2.11. The Bertz CT molecular complexity index is 277. The first-order valence-corrected chi connectivity index (χ1v) is 3.30. The number of anilines is 1. The molecule has 0 amide bonds. The van der Waals surface area contributed by atoms with Crippen LogP contribution in [0.5, 0.6) is 0 Å². The standard InChI is InChI=1S/C8H6N3/c1-2-4-8(5-3-1)11-7-6-9-10-11/h1-6H/q+1. The SMILES string of the molecule is [C+]1=CN=NN1c1ccccc1. The van der Waals surface area contributed by atoms with Crippen molar-refractivity contribution >= 4 is 5.69 Å². The molecule has 0 aromatic heterocycles. The van der Waals surface area contributed by atoms with Crippen molar-refractivity contribution in [3.63, 3.8) is 0 Å². The largest absolute Gasteiger partial charge is 0.241 e. The number of nitrogens with zero attached hydrogens (tertiary/aromatic N) is 3. The second-order valence-electron chi connectivity index (χ2n) is 2.11. The van der Waals surface area contributed by atoms with Crippen LogP contribution < -0.4 is 5.01 Å². The van der Waals surface area contributed by atoms with E-state index in [1.165, 1.54) is 6.20 Å². The molecule has 0 spiro atoms. The molecule has 0 aliphatic carbocycles. The summed E-state index contributed by atoms with van der Waals surface area (Å²) >= 11 is 0. The lowest BCUT2D eigenvalue weighted by Crippen LogP contribution is -2.02. The second kappa shape index (κ2) is 2.48. The van der Waals surface area contributed by atoms with Gasteiger partial charge in [0.15, 0.2) is 0 Å². The molecule has 0 N–H and O–H groups in total. The molecule has 1 aromatic carbocycles. The first kappa shape index (κ1) is 6.01. The zero-order valence-corrected chi connectivity index (χ0v) is 5.81. The van der Waals surface area contributed by atoms with Crippen LogP contribution in [0.15, 0.2) is 46.9 Å². The molecule has 0 bridgehead atoms. The molecule has 1 aromatic rings. The molecule has 3 heteroatoms. The van der Waals surface area contributed by atoms with Gasteiger partial charge < -0.3 is 0 Å². The van der Waals surface area contributed by atoms with Gasteiger partial charge in [-0.3, -0.25) is 0 Å². The number of hydrogen-bond donors (Lipinski definition) is 0. The lowest BCUT2D eigenvalue weighted by molar-refractivity contribution is 1.01. The van der Waals surface area contributed by atoms with Crippen LogP contribution in [0, 0.1) is 6.20 Å². The monoisotopic (exact) mass is 144 g/mol. The van der Waals surface area contributed by atoms with E-state index in [1.54, 1.807) is 5.01 Å². The van der Waals surface area contributed by atoms with Gasteiger partial charge in [0.2, 0.25) is 18.1 Å². The van der Waals surface area contributed by atoms with Gasteiger partial charge in [0, 0.05) is 12.1 Å². The van der Waals surface area contributed by atoms with Crippen LogP contribution in [0.1, 0.15) is 0 Å². The highest BCUT2D eigenvalue weighted by Gasteiger charge is 2.15. The number of benzene rings is 1. The highest BCUT2D eigenvalue weighted by molar-refractivity contribution is 5.46. The molecule has 1 aliphatic rings. The van der Waals surface area contributed by atoms with Crippen molar-refractivity contribution < 1.29 is 0 Å². The topological polar surface area (TPSA) is 28.0 Å². The quantitative estimate of drug-likeness (QED) is 0.555. The van der Waals surface area contributed by atoms with Gasteiger partial charge in [-0.05, 0) is 22.4 Å². The van der Waals surface area contributed by atoms with Crippen LogP contribution in [0.25, 0.3) is 0 Å². The third-order valence-electron chi connectivity index (χ3n) is 1.38. The molecule has 3 nitrogen and oxygen atoms in total. The van der Waals surface area contributed by atoms with E-state index < -0.39 is 0 Å². The summed E-state index contributed by atoms with van der Waals surface area (Å²) in [6.07, 6.45) is 4.38. The van der Waals surface area contributed by atoms with Crippen molar-refractivity contribution in [1.29, 1.82) is 0 Å². The smallest absolute Gasteiger partial charge is 0.102 e. The first-order valence-electron chi connectivity index (χ1n) is 3.30. The summed E-state index contributed by atoms with van der Waals surface area (Å²) in [5.74, 6) is 0. The summed E-state index contributed by atoms with van der Waals surface area (Å²) in [5.41, 5.74) is 0.977. The highest BCUT2D eigenvalue weighted by atomic mass is 15.6. The summed E-state index contributed by atoms with van der Waals surface area (Å²) in [7, 11) is 0. The van der Waals surface area contributed by atoms with E-state index >= 15 is 0 Å². The summed E-state index contributed by atoms with van der Waals surface area (Å²) < 4.78 is 0. The molecule has 0 saturated carbocycles. The normalized spacial score (nSPS) is 13.6. The van der Waals surface area contributed by atoms with Gasteiger partial charge in [-0.25, -0.2) is 0 Å². The highest BCUT2D eigenvalue weighted by Crippen LogP contribution is 2.16. The Morgan fingerprint density at radius 2 is 2.00 bits per heavy atom. The van der Waals surface area contributed by atoms with Crippen LogP contribution in [-0.4, -0.2) is 0 Å². The molecule has 52 valence electrons. The van der Waals surface area contributed by atoms with Gasteiger partial charge in [0.25, 0.3) is 0 Å². The van der Waals surface area contributed by atoms with Crippen molar-refractivity contribution in [1.82, 2.24) is 0 Å². The summed E-state index contributed by atoms with van der Waals surface area (Å²) in [4.78, 5) is 0. The van der Waals surface area contributed by atoms with Crippen LogP contribution in [-0.2, 0) is 0 Å². The van der Waals surface area contributed by atoms with Gasteiger partial charge in [0.05, 0.1) is 0 Å². The molecule has 1 heterocycles. The minimum atomic E-state index is 0.977. The molecular weight excluding hydrogens is 138 g/mol. The zero-order valence-electron chi connectivity index (χ0n) is 5.81. The molecule has 0 saturated heterocycles. The van der Waals surface area contributed by atoms with E-state index in [-0.39, 0.29) is 0 Å². The molecule has 1 aliphatic heterocycles. The van der Waals surface area contributed by atoms with Crippen molar-refractivity contribution in [3.8, 4) is 0 Å². The number of rotatable bonds is 1.